The second-order valence-electron chi connectivity index (χ2n) is 7.29. The lowest BCUT2D eigenvalue weighted by molar-refractivity contribution is -0.217. The molecule has 1 atom stereocenters. The van der Waals surface area contributed by atoms with E-state index in [-0.39, 0.29) is 0 Å². The molecule has 0 N–H and O–H groups in total. The van der Waals surface area contributed by atoms with Gasteiger partial charge in [-0.1, -0.05) is 49.7 Å². The van der Waals surface area contributed by atoms with E-state index in [9.17, 15) is 0 Å². The van der Waals surface area contributed by atoms with Crippen molar-refractivity contribution < 1.29 is 9.78 Å². The van der Waals surface area contributed by atoms with E-state index in [0.29, 0.717) is 12.0 Å². The van der Waals surface area contributed by atoms with Crippen LogP contribution >= 0.6 is 0 Å². The van der Waals surface area contributed by atoms with Crippen molar-refractivity contribution in [1.82, 2.24) is 0 Å². The predicted octanol–water partition coefficient (Wildman–Crippen LogP) is 5.50. The standard InChI is InChI=1S/C22H26O2/c1-3-6-17(13-16-8-5-4-7-15(16)2)20-12-9-18-14-21(18)22(20)24-23-19-10-11-19/h4-5,7-9,12,17,19H,3,6,10-11,13-14H2,1-2H3. The molecule has 4 rings (SSSR count). The zero-order chi connectivity index (χ0) is 16.5. The van der Waals surface area contributed by atoms with Gasteiger partial charge in [-0.25, -0.2) is 0 Å². The Labute approximate surface area is 144 Å². The monoisotopic (exact) mass is 322 g/mol. The number of benzene rings is 2. The topological polar surface area (TPSA) is 18.5 Å². The van der Waals surface area contributed by atoms with Crippen LogP contribution in [0.15, 0.2) is 36.4 Å². The SMILES string of the molecule is CCCC(Cc1ccccc1C)c1ccc2c(c1OOC1CC1)C2. The van der Waals surface area contributed by atoms with Crippen molar-refractivity contribution in [3.8, 4) is 5.75 Å². The van der Waals surface area contributed by atoms with Crippen LogP contribution in [0, 0.1) is 6.92 Å². The summed E-state index contributed by atoms with van der Waals surface area (Å²) in [6.45, 7) is 4.47. The van der Waals surface area contributed by atoms with Gasteiger partial charge in [-0.3, -0.25) is 0 Å². The van der Waals surface area contributed by atoms with Crippen LogP contribution in [-0.4, -0.2) is 6.10 Å². The zero-order valence-electron chi connectivity index (χ0n) is 14.7. The van der Waals surface area contributed by atoms with Crippen molar-refractivity contribution >= 4 is 0 Å². The van der Waals surface area contributed by atoms with Crippen molar-refractivity contribution in [2.45, 2.75) is 64.4 Å². The summed E-state index contributed by atoms with van der Waals surface area (Å²) in [5.74, 6) is 1.51. The van der Waals surface area contributed by atoms with Gasteiger partial charge in [0.2, 0.25) is 0 Å². The minimum atomic E-state index is 0.313. The van der Waals surface area contributed by atoms with Crippen LogP contribution in [0.25, 0.3) is 0 Å². The van der Waals surface area contributed by atoms with Gasteiger partial charge in [-0.05, 0) is 55.2 Å². The fourth-order valence-corrected chi connectivity index (χ4v) is 3.49. The Morgan fingerprint density at radius 2 is 1.96 bits per heavy atom. The maximum atomic E-state index is 5.84. The Morgan fingerprint density at radius 3 is 2.71 bits per heavy atom. The van der Waals surface area contributed by atoms with Crippen molar-refractivity contribution in [3.63, 3.8) is 0 Å². The maximum absolute atomic E-state index is 5.84. The number of rotatable bonds is 8. The summed E-state index contributed by atoms with van der Waals surface area (Å²) >= 11 is 0. The van der Waals surface area contributed by atoms with Crippen LogP contribution in [-0.2, 0) is 17.7 Å². The highest BCUT2D eigenvalue weighted by atomic mass is 17.2. The molecule has 126 valence electrons. The fraction of sp³-hybridized carbons (Fsp3) is 0.455. The summed E-state index contributed by atoms with van der Waals surface area (Å²) in [4.78, 5) is 11.4. The molecule has 2 heteroatoms. The molecule has 2 aromatic carbocycles. The molecule has 0 aliphatic heterocycles. The largest absolute Gasteiger partial charge is 0.337 e. The third-order valence-electron chi connectivity index (χ3n) is 5.23. The summed E-state index contributed by atoms with van der Waals surface area (Å²) in [5, 5.41) is 0. The van der Waals surface area contributed by atoms with Gasteiger partial charge in [0.05, 0.1) is 0 Å². The molecule has 1 unspecified atom stereocenters. The van der Waals surface area contributed by atoms with E-state index in [1.165, 1.54) is 40.7 Å². The molecular formula is C22H26O2. The van der Waals surface area contributed by atoms with Crippen LogP contribution in [0.2, 0.25) is 0 Å². The zero-order valence-corrected chi connectivity index (χ0v) is 14.7. The van der Waals surface area contributed by atoms with Gasteiger partial charge in [0.15, 0.2) is 5.75 Å². The first kappa shape index (κ1) is 15.7. The molecule has 2 aromatic rings. The Bertz CT molecular complexity index is 731. The van der Waals surface area contributed by atoms with E-state index in [0.717, 1.165) is 31.4 Å². The lowest BCUT2D eigenvalue weighted by Gasteiger charge is -2.20. The highest BCUT2D eigenvalue weighted by Crippen LogP contribution is 2.45. The number of aryl methyl sites for hydroxylation is 1. The average molecular weight is 322 g/mol. The van der Waals surface area contributed by atoms with Gasteiger partial charge in [-0.2, -0.15) is 4.89 Å². The maximum Gasteiger partial charge on any atom is 0.172 e. The van der Waals surface area contributed by atoms with Gasteiger partial charge >= 0.3 is 0 Å². The Morgan fingerprint density at radius 1 is 1.12 bits per heavy atom. The lowest BCUT2D eigenvalue weighted by Crippen LogP contribution is -2.08. The van der Waals surface area contributed by atoms with Crippen LogP contribution in [0.4, 0.5) is 0 Å². The Hall–Kier alpha value is -1.80. The molecule has 1 saturated carbocycles. The molecule has 0 radical (unpaired) electrons. The van der Waals surface area contributed by atoms with Gasteiger partial charge in [0, 0.05) is 17.5 Å². The molecule has 0 bridgehead atoms. The first-order valence-corrected chi connectivity index (χ1v) is 9.28. The molecule has 0 aromatic heterocycles. The third-order valence-corrected chi connectivity index (χ3v) is 5.23. The van der Waals surface area contributed by atoms with Gasteiger partial charge in [-0.15, -0.1) is 0 Å². The summed E-state index contributed by atoms with van der Waals surface area (Å²) in [7, 11) is 0. The van der Waals surface area contributed by atoms with Gasteiger partial charge in [0.25, 0.3) is 0 Å². The first-order chi connectivity index (χ1) is 11.8. The molecule has 0 saturated heterocycles. The minimum absolute atomic E-state index is 0.313. The lowest BCUT2D eigenvalue weighted by atomic mass is 9.86. The second kappa shape index (κ2) is 6.60. The number of fused-ring (bicyclic) bond motifs is 1. The molecule has 0 spiro atoms. The molecule has 1 fully saturated rings. The molecule has 2 aliphatic carbocycles. The number of hydrogen-bond acceptors (Lipinski definition) is 2. The van der Waals surface area contributed by atoms with Gasteiger partial charge < -0.3 is 4.89 Å². The molecule has 2 aliphatic rings. The Balaban J connectivity index is 1.61. The highest BCUT2D eigenvalue weighted by Gasteiger charge is 2.31. The molecule has 24 heavy (non-hydrogen) atoms. The fourth-order valence-electron chi connectivity index (χ4n) is 3.49. The van der Waals surface area contributed by atoms with E-state index >= 15 is 0 Å². The van der Waals surface area contributed by atoms with E-state index < -0.39 is 0 Å². The Kier molecular flexibility index (Phi) is 4.32. The van der Waals surface area contributed by atoms with Crippen LogP contribution in [0.1, 0.15) is 66.3 Å². The average Bonchev–Trinajstić information content (AvgIpc) is 3.48. The van der Waals surface area contributed by atoms with Crippen molar-refractivity contribution in [2.75, 3.05) is 0 Å². The van der Waals surface area contributed by atoms with Crippen molar-refractivity contribution in [1.29, 1.82) is 0 Å². The molecular weight excluding hydrogens is 296 g/mol. The first-order valence-electron chi connectivity index (χ1n) is 9.28. The third kappa shape index (κ3) is 3.34. The second-order valence-corrected chi connectivity index (χ2v) is 7.29. The minimum Gasteiger partial charge on any atom is -0.337 e. The summed E-state index contributed by atoms with van der Waals surface area (Å²) in [6, 6.07) is 13.3. The smallest absolute Gasteiger partial charge is 0.172 e. The van der Waals surface area contributed by atoms with Crippen molar-refractivity contribution in [2.24, 2.45) is 0 Å². The normalized spacial score (nSPS) is 16.6. The molecule has 2 nitrogen and oxygen atoms in total. The van der Waals surface area contributed by atoms with Crippen LogP contribution in [0.3, 0.4) is 0 Å². The number of hydrogen-bond donors (Lipinski definition) is 0. The summed E-state index contributed by atoms with van der Waals surface area (Å²) in [6.07, 6.45) is 7.06. The predicted molar refractivity (Wildman–Crippen MR) is 96.5 cm³/mol. The molecule has 0 heterocycles. The quantitative estimate of drug-likeness (QED) is 0.403. The van der Waals surface area contributed by atoms with Gasteiger partial charge in [0.1, 0.15) is 6.10 Å². The summed E-state index contributed by atoms with van der Waals surface area (Å²) in [5.41, 5.74) is 6.92. The van der Waals surface area contributed by atoms with E-state index in [1.807, 2.05) is 0 Å². The van der Waals surface area contributed by atoms with E-state index in [1.54, 1.807) is 0 Å². The van der Waals surface area contributed by atoms with Crippen LogP contribution in [0.5, 0.6) is 5.75 Å². The van der Waals surface area contributed by atoms with E-state index in [2.05, 4.69) is 50.2 Å². The summed E-state index contributed by atoms with van der Waals surface area (Å²) < 4.78 is 0. The van der Waals surface area contributed by atoms with E-state index in [4.69, 9.17) is 9.78 Å². The molecule has 0 amide bonds. The van der Waals surface area contributed by atoms with Crippen LogP contribution < -0.4 is 4.89 Å². The van der Waals surface area contributed by atoms with Crippen molar-refractivity contribution in [3.05, 3.63) is 64.2 Å². The highest BCUT2D eigenvalue weighted by molar-refractivity contribution is 5.59.